The fourth-order valence-corrected chi connectivity index (χ4v) is 3.52. The quantitative estimate of drug-likeness (QED) is 0.565. The molecule has 1 saturated carbocycles. The van der Waals surface area contributed by atoms with Crippen LogP contribution < -0.4 is 21.3 Å². The number of hydrogen-bond acceptors (Lipinski definition) is 4. The summed E-state index contributed by atoms with van der Waals surface area (Å²) in [5, 5.41) is 11.5. The average molecular weight is 409 g/mol. The Kier molecular flexibility index (Phi) is 7.43. The molecular weight excluding hydrogens is 380 g/mol. The average Bonchev–Trinajstić information content (AvgIpc) is 2.78. The van der Waals surface area contributed by atoms with Crippen LogP contribution in [0.1, 0.15) is 52.8 Å². The predicted molar refractivity (Wildman–Crippen MR) is 118 cm³/mol. The van der Waals surface area contributed by atoms with Crippen molar-refractivity contribution in [3.8, 4) is 0 Å². The molecule has 1 fully saturated rings. The van der Waals surface area contributed by atoms with Gasteiger partial charge in [-0.1, -0.05) is 25.3 Å². The summed E-state index contributed by atoms with van der Waals surface area (Å²) in [6.45, 7) is 0.0567. The highest BCUT2D eigenvalue weighted by Crippen LogP contribution is 2.18. The van der Waals surface area contributed by atoms with E-state index in [2.05, 4.69) is 21.3 Å². The topological polar surface area (TPSA) is 99.3 Å². The minimum Gasteiger partial charge on any atom is -0.376 e. The monoisotopic (exact) mass is 408 g/mol. The lowest BCUT2D eigenvalue weighted by Crippen LogP contribution is -2.36. The molecule has 1 aliphatic carbocycles. The van der Waals surface area contributed by atoms with Crippen molar-refractivity contribution in [1.82, 2.24) is 10.6 Å². The molecule has 4 N–H and O–H groups in total. The van der Waals surface area contributed by atoms with Crippen LogP contribution >= 0.6 is 0 Å². The van der Waals surface area contributed by atoms with E-state index in [0.29, 0.717) is 22.5 Å². The highest BCUT2D eigenvalue weighted by atomic mass is 16.2. The molecule has 0 spiro atoms. The maximum atomic E-state index is 12.4. The Hall–Kier alpha value is -3.35. The molecule has 0 saturated heterocycles. The van der Waals surface area contributed by atoms with E-state index in [-0.39, 0.29) is 30.3 Å². The number of hydrogen-bond donors (Lipinski definition) is 4. The minimum absolute atomic E-state index is 0.0567. The number of nitrogens with one attached hydrogen (secondary N) is 4. The molecule has 0 aromatic heterocycles. The smallest absolute Gasteiger partial charge is 0.251 e. The molecule has 7 nitrogen and oxygen atoms in total. The lowest BCUT2D eigenvalue weighted by atomic mass is 9.95. The van der Waals surface area contributed by atoms with Gasteiger partial charge in [-0.2, -0.15) is 0 Å². The van der Waals surface area contributed by atoms with Gasteiger partial charge in [0.2, 0.25) is 5.91 Å². The Balaban J connectivity index is 1.48. The Morgan fingerprint density at radius 3 is 2.30 bits per heavy atom. The summed E-state index contributed by atoms with van der Waals surface area (Å²) in [6.07, 6.45) is 5.66. The Bertz CT molecular complexity index is 890. The van der Waals surface area contributed by atoms with Gasteiger partial charge >= 0.3 is 0 Å². The van der Waals surface area contributed by atoms with Crippen LogP contribution in [0.2, 0.25) is 0 Å². The second-order valence-corrected chi connectivity index (χ2v) is 7.45. The first-order chi connectivity index (χ1) is 14.5. The Morgan fingerprint density at radius 2 is 1.60 bits per heavy atom. The van der Waals surface area contributed by atoms with Gasteiger partial charge in [0.05, 0.1) is 6.54 Å². The molecule has 2 aromatic carbocycles. The van der Waals surface area contributed by atoms with Crippen molar-refractivity contribution >= 4 is 29.1 Å². The van der Waals surface area contributed by atoms with Crippen molar-refractivity contribution in [2.45, 2.75) is 38.1 Å². The van der Waals surface area contributed by atoms with Gasteiger partial charge in [0.15, 0.2) is 0 Å². The van der Waals surface area contributed by atoms with Gasteiger partial charge in [-0.05, 0) is 55.3 Å². The number of benzene rings is 2. The van der Waals surface area contributed by atoms with Gasteiger partial charge in [-0.25, -0.2) is 0 Å². The van der Waals surface area contributed by atoms with Crippen LogP contribution in [0.3, 0.4) is 0 Å². The van der Waals surface area contributed by atoms with Crippen LogP contribution in [0.5, 0.6) is 0 Å². The van der Waals surface area contributed by atoms with E-state index < -0.39 is 0 Å². The molecule has 3 rings (SSSR count). The summed E-state index contributed by atoms with van der Waals surface area (Å²) in [5.41, 5.74) is 2.41. The summed E-state index contributed by atoms with van der Waals surface area (Å²) < 4.78 is 0. The molecule has 0 radical (unpaired) electrons. The molecule has 2 aromatic rings. The van der Waals surface area contributed by atoms with Gasteiger partial charge in [0.25, 0.3) is 11.8 Å². The SMILES string of the molecule is CNC(=O)c1cccc(NCC(=O)Nc2ccc(C(=O)NC3CCCCC3)cc2)c1. The lowest BCUT2D eigenvalue weighted by molar-refractivity contribution is -0.114. The molecule has 1 aliphatic rings. The fourth-order valence-electron chi connectivity index (χ4n) is 3.52. The van der Waals surface area contributed by atoms with Crippen molar-refractivity contribution < 1.29 is 14.4 Å². The highest BCUT2D eigenvalue weighted by Gasteiger charge is 2.16. The summed E-state index contributed by atoms with van der Waals surface area (Å²) in [4.78, 5) is 36.3. The van der Waals surface area contributed by atoms with E-state index in [9.17, 15) is 14.4 Å². The van der Waals surface area contributed by atoms with Crippen LogP contribution in [-0.4, -0.2) is 37.4 Å². The fraction of sp³-hybridized carbons (Fsp3) is 0.348. The molecular formula is C23H28N4O3. The number of anilines is 2. The van der Waals surface area contributed by atoms with E-state index in [4.69, 9.17) is 0 Å². The molecule has 0 bridgehead atoms. The van der Waals surface area contributed by atoms with Gasteiger partial charge in [0, 0.05) is 35.6 Å². The van der Waals surface area contributed by atoms with Crippen molar-refractivity contribution in [3.63, 3.8) is 0 Å². The first-order valence-corrected chi connectivity index (χ1v) is 10.3. The summed E-state index contributed by atoms with van der Waals surface area (Å²) in [6, 6.07) is 14.1. The van der Waals surface area contributed by atoms with Crippen molar-refractivity contribution in [2.24, 2.45) is 0 Å². The molecule has 3 amide bonds. The predicted octanol–water partition coefficient (Wildman–Crippen LogP) is 3.16. The number of carbonyl (C=O) groups excluding carboxylic acids is 3. The maximum Gasteiger partial charge on any atom is 0.251 e. The lowest BCUT2D eigenvalue weighted by Gasteiger charge is -2.22. The molecule has 158 valence electrons. The van der Waals surface area contributed by atoms with E-state index in [1.807, 2.05) is 0 Å². The summed E-state index contributed by atoms with van der Waals surface area (Å²) in [7, 11) is 1.57. The highest BCUT2D eigenvalue weighted by molar-refractivity contribution is 5.97. The van der Waals surface area contributed by atoms with Gasteiger partial charge in [-0.15, -0.1) is 0 Å². The zero-order valence-electron chi connectivity index (χ0n) is 17.2. The van der Waals surface area contributed by atoms with Crippen LogP contribution in [0.25, 0.3) is 0 Å². The largest absolute Gasteiger partial charge is 0.376 e. The van der Waals surface area contributed by atoms with E-state index >= 15 is 0 Å². The molecule has 0 atom stereocenters. The van der Waals surface area contributed by atoms with Crippen molar-refractivity contribution in [3.05, 3.63) is 59.7 Å². The van der Waals surface area contributed by atoms with E-state index in [0.717, 1.165) is 12.8 Å². The van der Waals surface area contributed by atoms with Crippen molar-refractivity contribution in [1.29, 1.82) is 0 Å². The molecule has 0 aliphatic heterocycles. The summed E-state index contributed by atoms with van der Waals surface area (Å²) >= 11 is 0. The third kappa shape index (κ3) is 6.07. The summed E-state index contributed by atoms with van der Waals surface area (Å²) in [5.74, 6) is -0.479. The van der Waals surface area contributed by atoms with Crippen LogP contribution in [-0.2, 0) is 4.79 Å². The maximum absolute atomic E-state index is 12.4. The minimum atomic E-state index is -0.222. The number of rotatable bonds is 7. The third-order valence-corrected chi connectivity index (χ3v) is 5.18. The van der Waals surface area contributed by atoms with Crippen LogP contribution in [0, 0.1) is 0 Å². The van der Waals surface area contributed by atoms with Gasteiger partial charge in [-0.3, -0.25) is 14.4 Å². The molecule has 0 heterocycles. The molecule has 30 heavy (non-hydrogen) atoms. The second kappa shape index (κ2) is 10.4. The number of amides is 3. The first kappa shape index (κ1) is 21.4. The Labute approximate surface area is 176 Å². The van der Waals surface area contributed by atoms with Crippen LogP contribution in [0.4, 0.5) is 11.4 Å². The Morgan fingerprint density at radius 1 is 0.867 bits per heavy atom. The third-order valence-electron chi connectivity index (χ3n) is 5.18. The molecule has 7 heteroatoms. The standard InChI is InChI=1S/C23H28N4O3/c1-24-22(29)17-6-5-9-20(14-17)25-15-21(28)26-19-12-10-16(11-13-19)23(30)27-18-7-3-2-4-8-18/h5-6,9-14,18,25H,2-4,7-8,15H2,1H3,(H,24,29)(H,26,28)(H,27,30). The zero-order valence-corrected chi connectivity index (χ0v) is 17.2. The number of carbonyl (C=O) groups is 3. The first-order valence-electron chi connectivity index (χ1n) is 10.3. The normalized spacial score (nSPS) is 13.9. The van der Waals surface area contributed by atoms with E-state index in [1.54, 1.807) is 55.6 Å². The zero-order chi connectivity index (χ0) is 21.3. The van der Waals surface area contributed by atoms with E-state index in [1.165, 1.54) is 19.3 Å². The second-order valence-electron chi connectivity index (χ2n) is 7.45. The van der Waals surface area contributed by atoms with Crippen molar-refractivity contribution in [2.75, 3.05) is 24.2 Å². The van der Waals surface area contributed by atoms with Gasteiger partial charge < -0.3 is 21.3 Å². The van der Waals surface area contributed by atoms with Gasteiger partial charge in [0.1, 0.15) is 0 Å². The van der Waals surface area contributed by atoms with Crippen LogP contribution in [0.15, 0.2) is 48.5 Å². The molecule has 0 unspecified atom stereocenters.